The Kier molecular flexibility index (Phi) is 5.03. The summed E-state index contributed by atoms with van der Waals surface area (Å²) in [5.41, 5.74) is 6.05. The van der Waals surface area contributed by atoms with E-state index in [4.69, 9.17) is 10.5 Å². The van der Waals surface area contributed by atoms with E-state index in [0.29, 0.717) is 12.1 Å². The number of nitrogens with two attached hydrogens (primary N) is 1. The molecule has 2 N–H and O–H groups in total. The molecule has 1 aliphatic rings. The van der Waals surface area contributed by atoms with E-state index in [-0.39, 0.29) is 6.10 Å². The van der Waals surface area contributed by atoms with Gasteiger partial charge < -0.3 is 10.5 Å². The number of nitrogens with zero attached hydrogens (tertiary/aromatic N) is 1. The van der Waals surface area contributed by atoms with Crippen molar-refractivity contribution in [3.05, 3.63) is 0 Å². The van der Waals surface area contributed by atoms with Crippen LogP contribution in [0.2, 0.25) is 0 Å². The largest absolute Gasteiger partial charge is 0.377 e. The summed E-state index contributed by atoms with van der Waals surface area (Å²) in [6.45, 7) is 10.5. The number of hydrogen-bond donors (Lipinski definition) is 1. The molecule has 0 aromatic carbocycles. The Morgan fingerprint density at radius 3 is 2.67 bits per heavy atom. The van der Waals surface area contributed by atoms with Crippen molar-refractivity contribution in [1.82, 2.24) is 4.90 Å². The molecular formula is C12H26N2O. The predicted octanol–water partition coefficient (Wildman–Crippen LogP) is 1.61. The molecule has 1 aliphatic heterocycles. The average Bonchev–Trinajstić information content (AvgIpc) is 2.52. The zero-order valence-corrected chi connectivity index (χ0v) is 10.5. The van der Waals surface area contributed by atoms with Crippen LogP contribution in [-0.4, -0.2) is 42.8 Å². The molecule has 0 bridgehead atoms. The minimum absolute atomic E-state index is 0.242. The Labute approximate surface area is 94.0 Å². The normalized spacial score (nSPS) is 23.2. The molecule has 15 heavy (non-hydrogen) atoms. The maximum absolute atomic E-state index is 5.67. The first-order valence-electron chi connectivity index (χ1n) is 6.17. The zero-order valence-electron chi connectivity index (χ0n) is 10.5. The van der Waals surface area contributed by atoms with Crippen LogP contribution >= 0.6 is 0 Å². The molecular weight excluding hydrogens is 188 g/mol. The highest BCUT2D eigenvalue weighted by Crippen LogP contribution is 2.28. The Bertz CT molecular complexity index is 182. The molecule has 3 nitrogen and oxygen atoms in total. The smallest absolute Gasteiger partial charge is 0.0709 e. The molecule has 0 aliphatic carbocycles. The summed E-state index contributed by atoms with van der Waals surface area (Å²) >= 11 is 0. The van der Waals surface area contributed by atoms with Crippen LogP contribution in [0.1, 0.15) is 40.0 Å². The van der Waals surface area contributed by atoms with Crippen LogP contribution < -0.4 is 5.73 Å². The summed E-state index contributed by atoms with van der Waals surface area (Å²) in [6.07, 6.45) is 3.95. The van der Waals surface area contributed by atoms with Gasteiger partial charge in [-0.15, -0.1) is 0 Å². The summed E-state index contributed by atoms with van der Waals surface area (Å²) in [5.74, 6) is 0. The van der Waals surface area contributed by atoms with Gasteiger partial charge in [-0.25, -0.2) is 0 Å². The van der Waals surface area contributed by atoms with E-state index in [1.807, 2.05) is 6.92 Å². The average molecular weight is 214 g/mol. The fourth-order valence-corrected chi connectivity index (χ4v) is 2.38. The summed E-state index contributed by atoms with van der Waals surface area (Å²) in [5, 5.41) is 0. The predicted molar refractivity (Wildman–Crippen MR) is 64.0 cm³/mol. The summed E-state index contributed by atoms with van der Waals surface area (Å²) in [4.78, 5) is 2.56. The van der Waals surface area contributed by atoms with Crippen molar-refractivity contribution in [3.8, 4) is 0 Å². The summed E-state index contributed by atoms with van der Waals surface area (Å²) in [7, 11) is 0. The number of ether oxygens (including phenoxy) is 1. The van der Waals surface area contributed by atoms with Crippen LogP contribution in [0.4, 0.5) is 0 Å². The second-order valence-electron chi connectivity index (χ2n) is 5.00. The quantitative estimate of drug-likeness (QED) is 0.730. The van der Waals surface area contributed by atoms with Gasteiger partial charge in [0.25, 0.3) is 0 Å². The topological polar surface area (TPSA) is 38.5 Å². The molecule has 0 aromatic heterocycles. The van der Waals surface area contributed by atoms with Gasteiger partial charge in [0.05, 0.1) is 6.10 Å². The first-order valence-corrected chi connectivity index (χ1v) is 6.17. The van der Waals surface area contributed by atoms with Gasteiger partial charge in [0.2, 0.25) is 0 Å². The Morgan fingerprint density at radius 2 is 2.20 bits per heavy atom. The number of rotatable bonds is 6. The van der Waals surface area contributed by atoms with E-state index in [1.165, 1.54) is 19.4 Å². The molecule has 1 unspecified atom stereocenters. The van der Waals surface area contributed by atoms with Crippen LogP contribution in [0, 0.1) is 0 Å². The standard InChI is InChI=1S/C12H26N2O/c1-4-15-11(10-13)6-9-14-8-5-7-12(14,2)3/h11H,4-10,13H2,1-3H3. The molecule has 0 saturated carbocycles. The van der Waals surface area contributed by atoms with Gasteiger partial charge >= 0.3 is 0 Å². The second kappa shape index (κ2) is 5.83. The molecule has 90 valence electrons. The second-order valence-corrected chi connectivity index (χ2v) is 5.00. The Hall–Kier alpha value is -0.120. The molecule has 0 aromatic rings. The molecule has 0 amide bonds. The lowest BCUT2D eigenvalue weighted by Gasteiger charge is -2.32. The Balaban J connectivity index is 2.29. The highest BCUT2D eigenvalue weighted by atomic mass is 16.5. The third kappa shape index (κ3) is 3.74. The minimum Gasteiger partial charge on any atom is -0.377 e. The molecule has 1 rings (SSSR count). The molecule has 0 spiro atoms. The fourth-order valence-electron chi connectivity index (χ4n) is 2.38. The lowest BCUT2D eigenvalue weighted by Crippen LogP contribution is -2.40. The van der Waals surface area contributed by atoms with Crippen molar-refractivity contribution >= 4 is 0 Å². The van der Waals surface area contributed by atoms with Crippen LogP contribution in [-0.2, 0) is 4.74 Å². The van der Waals surface area contributed by atoms with E-state index >= 15 is 0 Å². The van der Waals surface area contributed by atoms with Crippen LogP contribution in [0.3, 0.4) is 0 Å². The monoisotopic (exact) mass is 214 g/mol. The number of hydrogen-bond acceptors (Lipinski definition) is 3. The van der Waals surface area contributed by atoms with Gasteiger partial charge in [-0.2, -0.15) is 0 Å². The Morgan fingerprint density at radius 1 is 1.47 bits per heavy atom. The van der Waals surface area contributed by atoms with Crippen LogP contribution in [0.5, 0.6) is 0 Å². The van der Waals surface area contributed by atoms with E-state index in [9.17, 15) is 0 Å². The van der Waals surface area contributed by atoms with E-state index in [0.717, 1.165) is 19.6 Å². The van der Waals surface area contributed by atoms with Crippen molar-refractivity contribution in [3.63, 3.8) is 0 Å². The van der Waals surface area contributed by atoms with Crippen molar-refractivity contribution in [2.75, 3.05) is 26.2 Å². The molecule has 0 radical (unpaired) electrons. The van der Waals surface area contributed by atoms with Crippen LogP contribution in [0.25, 0.3) is 0 Å². The molecule has 1 atom stereocenters. The first-order chi connectivity index (χ1) is 7.10. The summed E-state index contributed by atoms with van der Waals surface area (Å²) in [6, 6.07) is 0. The van der Waals surface area contributed by atoms with Gasteiger partial charge in [-0.3, -0.25) is 4.90 Å². The van der Waals surface area contributed by atoms with E-state index < -0.39 is 0 Å². The van der Waals surface area contributed by atoms with Gasteiger partial charge in [0, 0.05) is 25.2 Å². The lowest BCUT2D eigenvalue weighted by atomic mass is 10.0. The minimum atomic E-state index is 0.242. The van der Waals surface area contributed by atoms with Gasteiger partial charge in [-0.1, -0.05) is 0 Å². The number of likely N-dealkylation sites (tertiary alicyclic amines) is 1. The zero-order chi connectivity index (χ0) is 11.3. The first kappa shape index (κ1) is 12.9. The van der Waals surface area contributed by atoms with Crippen molar-refractivity contribution in [1.29, 1.82) is 0 Å². The van der Waals surface area contributed by atoms with Crippen molar-refractivity contribution < 1.29 is 4.74 Å². The van der Waals surface area contributed by atoms with E-state index in [2.05, 4.69) is 18.7 Å². The maximum Gasteiger partial charge on any atom is 0.0709 e. The summed E-state index contributed by atoms with van der Waals surface area (Å²) < 4.78 is 5.57. The highest BCUT2D eigenvalue weighted by molar-refractivity contribution is 4.87. The maximum atomic E-state index is 5.67. The van der Waals surface area contributed by atoms with Crippen molar-refractivity contribution in [2.24, 2.45) is 5.73 Å². The SMILES string of the molecule is CCOC(CN)CCN1CCCC1(C)C. The van der Waals surface area contributed by atoms with Crippen molar-refractivity contribution in [2.45, 2.75) is 51.7 Å². The van der Waals surface area contributed by atoms with Gasteiger partial charge in [-0.05, 0) is 46.6 Å². The third-order valence-corrected chi connectivity index (χ3v) is 3.46. The van der Waals surface area contributed by atoms with Gasteiger partial charge in [0.15, 0.2) is 0 Å². The molecule has 3 heteroatoms. The van der Waals surface area contributed by atoms with Crippen LogP contribution in [0.15, 0.2) is 0 Å². The molecule has 1 fully saturated rings. The van der Waals surface area contributed by atoms with E-state index in [1.54, 1.807) is 0 Å². The third-order valence-electron chi connectivity index (χ3n) is 3.46. The fraction of sp³-hybridized carbons (Fsp3) is 1.00. The highest BCUT2D eigenvalue weighted by Gasteiger charge is 2.31. The lowest BCUT2D eigenvalue weighted by molar-refractivity contribution is 0.0476. The molecule has 1 heterocycles. The van der Waals surface area contributed by atoms with Gasteiger partial charge in [0.1, 0.15) is 0 Å². The molecule has 1 saturated heterocycles.